The fraction of sp³-hybridized carbons (Fsp3) is 0.542. The van der Waals surface area contributed by atoms with Gasteiger partial charge in [-0.1, -0.05) is 19.4 Å². The monoisotopic (exact) mass is 458 g/mol. The summed E-state index contributed by atoms with van der Waals surface area (Å²) in [5, 5.41) is 44.0. The number of primary amides is 1. The largest absolute Gasteiger partial charge is 0.507 e. The van der Waals surface area contributed by atoms with Crippen molar-refractivity contribution in [2.45, 2.75) is 50.4 Å². The molecule has 4 rings (SSSR count). The standard InChI is InChI=1S/C24H30N2O7/c1-4-5-10-6-7-14(27)16-12(10)8-11-9-13-18(26(2)3)20(29)17(23(25)32)22(31)24(13,33)21(30)15(11)19(16)28/h6-7,11,13,17-18,20,27-29,33H,4-5,8-9H2,1-3H3,(H2,25,32)/t11-,13-,17?,18-,20?,24-/m1/s1. The lowest BCUT2D eigenvalue weighted by Gasteiger charge is -2.53. The quantitative estimate of drug-likeness (QED) is 0.396. The molecular weight excluding hydrogens is 428 g/mol. The first-order valence-corrected chi connectivity index (χ1v) is 11.2. The number of ketones is 2. The molecule has 6 atom stereocenters. The summed E-state index contributed by atoms with van der Waals surface area (Å²) in [6.07, 6.45) is 0.535. The van der Waals surface area contributed by atoms with Crippen LogP contribution in [0.2, 0.25) is 0 Å². The zero-order chi connectivity index (χ0) is 24.4. The summed E-state index contributed by atoms with van der Waals surface area (Å²) >= 11 is 0. The molecule has 2 fully saturated rings. The molecule has 1 aromatic carbocycles. The van der Waals surface area contributed by atoms with Gasteiger partial charge >= 0.3 is 0 Å². The Balaban J connectivity index is 1.92. The van der Waals surface area contributed by atoms with Gasteiger partial charge in [0.25, 0.3) is 0 Å². The third kappa shape index (κ3) is 3.13. The van der Waals surface area contributed by atoms with Gasteiger partial charge in [-0.05, 0) is 56.5 Å². The van der Waals surface area contributed by atoms with Gasteiger partial charge in [0.05, 0.1) is 11.7 Å². The molecule has 3 aliphatic carbocycles. The van der Waals surface area contributed by atoms with Crippen LogP contribution < -0.4 is 5.73 Å². The minimum atomic E-state index is -2.62. The molecule has 2 saturated carbocycles. The molecule has 1 aromatic rings. The van der Waals surface area contributed by atoms with Crippen LogP contribution in [0, 0.1) is 17.8 Å². The van der Waals surface area contributed by atoms with E-state index < -0.39 is 58.7 Å². The predicted octanol–water partition coefficient (Wildman–Crippen LogP) is 0.0815. The average molecular weight is 459 g/mol. The Kier molecular flexibility index (Phi) is 5.63. The van der Waals surface area contributed by atoms with Gasteiger partial charge in [0.15, 0.2) is 11.4 Å². The Morgan fingerprint density at radius 1 is 1.24 bits per heavy atom. The highest BCUT2D eigenvalue weighted by Gasteiger charge is 2.67. The number of phenols is 1. The van der Waals surface area contributed by atoms with Crippen LogP contribution in [-0.4, -0.2) is 74.6 Å². The minimum absolute atomic E-state index is 0.124. The number of aliphatic hydroxyl groups is 3. The lowest BCUT2D eigenvalue weighted by Crippen LogP contribution is -2.73. The van der Waals surface area contributed by atoms with E-state index in [2.05, 4.69) is 0 Å². The molecule has 9 nitrogen and oxygen atoms in total. The van der Waals surface area contributed by atoms with E-state index in [-0.39, 0.29) is 23.3 Å². The fourth-order valence-corrected chi connectivity index (χ4v) is 6.17. The van der Waals surface area contributed by atoms with Crippen molar-refractivity contribution in [1.29, 1.82) is 0 Å². The van der Waals surface area contributed by atoms with Crippen molar-refractivity contribution in [1.82, 2.24) is 4.90 Å². The Labute approximate surface area is 191 Å². The van der Waals surface area contributed by atoms with E-state index >= 15 is 0 Å². The highest BCUT2D eigenvalue weighted by atomic mass is 16.3. The van der Waals surface area contributed by atoms with Gasteiger partial charge in [-0.25, -0.2) is 0 Å². The highest BCUT2D eigenvalue weighted by molar-refractivity contribution is 6.25. The third-order valence-corrected chi connectivity index (χ3v) is 7.59. The number of aryl methyl sites for hydroxylation is 1. The van der Waals surface area contributed by atoms with Crippen molar-refractivity contribution in [3.05, 3.63) is 34.4 Å². The Hall–Kier alpha value is -2.75. The maximum atomic E-state index is 13.7. The number of phenolic OH excluding ortho intramolecular Hbond substituents is 1. The van der Waals surface area contributed by atoms with Gasteiger partial charge < -0.3 is 31.1 Å². The Morgan fingerprint density at radius 2 is 1.91 bits per heavy atom. The van der Waals surface area contributed by atoms with Gasteiger partial charge in [-0.15, -0.1) is 0 Å². The molecular formula is C24H30N2O7. The molecule has 6 N–H and O–H groups in total. The van der Waals surface area contributed by atoms with E-state index in [0.29, 0.717) is 6.42 Å². The number of carbonyl (C=O) groups is 3. The predicted molar refractivity (Wildman–Crippen MR) is 118 cm³/mol. The second-order valence-corrected chi connectivity index (χ2v) is 9.64. The molecule has 3 aliphatic rings. The number of hydrogen-bond donors (Lipinski definition) is 5. The third-order valence-electron chi connectivity index (χ3n) is 7.59. The zero-order valence-corrected chi connectivity index (χ0v) is 18.9. The number of rotatable bonds is 4. The molecule has 1 amide bonds. The number of benzene rings is 1. The minimum Gasteiger partial charge on any atom is -0.507 e. The van der Waals surface area contributed by atoms with Crippen LogP contribution in [0.5, 0.6) is 5.75 Å². The van der Waals surface area contributed by atoms with Gasteiger partial charge in [-0.2, -0.15) is 0 Å². The molecule has 9 heteroatoms. The number of likely N-dealkylation sites (N-methyl/N-ethyl adjacent to an activating group) is 1. The molecule has 0 heterocycles. The molecule has 0 aromatic heterocycles. The molecule has 0 aliphatic heterocycles. The molecule has 33 heavy (non-hydrogen) atoms. The molecule has 0 spiro atoms. The average Bonchev–Trinajstić information content (AvgIpc) is 2.72. The van der Waals surface area contributed by atoms with Gasteiger partial charge in [0.2, 0.25) is 11.7 Å². The van der Waals surface area contributed by atoms with Crippen molar-refractivity contribution in [2.24, 2.45) is 23.5 Å². The van der Waals surface area contributed by atoms with Crippen LogP contribution >= 0.6 is 0 Å². The summed E-state index contributed by atoms with van der Waals surface area (Å²) in [5.41, 5.74) is 4.44. The first kappa shape index (κ1) is 23.4. The molecule has 0 bridgehead atoms. The van der Waals surface area contributed by atoms with E-state index in [1.807, 2.05) is 6.92 Å². The second-order valence-electron chi connectivity index (χ2n) is 9.64. The number of fused-ring (bicyclic) bond motifs is 3. The lowest BCUT2D eigenvalue weighted by molar-refractivity contribution is -0.184. The van der Waals surface area contributed by atoms with Crippen LogP contribution in [0.3, 0.4) is 0 Å². The fourth-order valence-electron chi connectivity index (χ4n) is 6.17. The van der Waals surface area contributed by atoms with Crippen molar-refractivity contribution in [3.63, 3.8) is 0 Å². The maximum Gasteiger partial charge on any atom is 0.230 e. The van der Waals surface area contributed by atoms with Crippen LogP contribution in [0.25, 0.3) is 5.76 Å². The summed E-state index contributed by atoms with van der Waals surface area (Å²) in [4.78, 5) is 40.5. The smallest absolute Gasteiger partial charge is 0.230 e. The SMILES string of the molecule is CCCc1ccc(O)c2c1C[C@@H]1C[C@@H]3[C@@H](N(C)C)C(O)C(C(N)=O)C(=O)[C@]3(O)C(=O)C1=C2O. The van der Waals surface area contributed by atoms with Crippen molar-refractivity contribution < 1.29 is 34.8 Å². The van der Waals surface area contributed by atoms with Crippen LogP contribution in [0.1, 0.15) is 36.5 Å². The van der Waals surface area contributed by atoms with Crippen molar-refractivity contribution in [2.75, 3.05) is 14.1 Å². The number of nitrogens with zero attached hydrogens (tertiary/aromatic N) is 1. The Morgan fingerprint density at radius 3 is 2.48 bits per heavy atom. The van der Waals surface area contributed by atoms with Crippen LogP contribution in [-0.2, 0) is 27.2 Å². The summed E-state index contributed by atoms with van der Waals surface area (Å²) in [6, 6.07) is 2.36. The topological polar surface area (TPSA) is 161 Å². The van der Waals surface area contributed by atoms with Gasteiger partial charge in [0, 0.05) is 17.5 Å². The van der Waals surface area contributed by atoms with Crippen LogP contribution in [0.15, 0.2) is 17.7 Å². The number of hydrogen-bond acceptors (Lipinski definition) is 8. The number of Topliss-reactive ketones (excluding diaryl/α,β-unsaturated/α-hetero) is 2. The van der Waals surface area contributed by atoms with Crippen molar-refractivity contribution >= 4 is 23.2 Å². The second kappa shape index (κ2) is 7.93. The normalized spacial score (nSPS) is 33.6. The Bertz CT molecular complexity index is 1080. The van der Waals surface area contributed by atoms with E-state index in [1.54, 1.807) is 25.1 Å². The molecule has 0 radical (unpaired) electrons. The van der Waals surface area contributed by atoms with E-state index in [9.17, 15) is 34.8 Å². The summed E-state index contributed by atoms with van der Waals surface area (Å²) in [6.45, 7) is 2.01. The van der Waals surface area contributed by atoms with E-state index in [1.165, 1.54) is 6.07 Å². The number of carbonyl (C=O) groups excluding carboxylic acids is 3. The summed E-state index contributed by atoms with van der Waals surface area (Å²) < 4.78 is 0. The number of aliphatic hydroxyl groups excluding tert-OH is 2. The zero-order valence-electron chi connectivity index (χ0n) is 18.9. The summed E-state index contributed by atoms with van der Waals surface area (Å²) in [7, 11) is 3.26. The summed E-state index contributed by atoms with van der Waals surface area (Å²) in [5.74, 6) is -7.22. The number of nitrogens with two attached hydrogens (primary N) is 1. The number of amides is 1. The maximum absolute atomic E-state index is 13.7. The molecule has 2 unspecified atom stereocenters. The molecule has 178 valence electrons. The van der Waals surface area contributed by atoms with Gasteiger partial charge in [-0.3, -0.25) is 14.4 Å². The lowest BCUT2D eigenvalue weighted by atomic mass is 9.54. The number of aromatic hydroxyl groups is 1. The first-order chi connectivity index (χ1) is 15.5. The van der Waals surface area contributed by atoms with Crippen molar-refractivity contribution in [3.8, 4) is 5.75 Å². The van der Waals surface area contributed by atoms with Crippen LogP contribution in [0.4, 0.5) is 0 Å². The van der Waals surface area contributed by atoms with E-state index in [0.717, 1.165) is 24.0 Å². The first-order valence-electron chi connectivity index (χ1n) is 11.2. The molecule has 0 saturated heterocycles. The highest BCUT2D eigenvalue weighted by Crippen LogP contribution is 2.52. The van der Waals surface area contributed by atoms with Gasteiger partial charge in [0.1, 0.15) is 17.4 Å². The van der Waals surface area contributed by atoms with E-state index in [4.69, 9.17) is 5.73 Å².